The zero-order valence-corrected chi connectivity index (χ0v) is 15.8. The molecule has 0 atom stereocenters. The van der Waals surface area contributed by atoms with Crippen molar-refractivity contribution in [1.82, 2.24) is 5.01 Å². The summed E-state index contributed by atoms with van der Waals surface area (Å²) in [6.45, 7) is 0.169. The number of amides is 2. The minimum absolute atomic E-state index is 0.127. The van der Waals surface area contributed by atoms with Gasteiger partial charge in [0.1, 0.15) is 6.67 Å². The molecule has 0 spiro atoms. The largest absolute Gasteiger partial charge is 0.416 e. The second kappa shape index (κ2) is 6.28. The highest BCUT2D eigenvalue weighted by Crippen LogP contribution is 2.52. The molecule has 1 saturated carbocycles. The zero-order chi connectivity index (χ0) is 21.2. The van der Waals surface area contributed by atoms with E-state index in [4.69, 9.17) is 0 Å². The van der Waals surface area contributed by atoms with Gasteiger partial charge < -0.3 is 0 Å². The molecule has 30 heavy (non-hydrogen) atoms. The van der Waals surface area contributed by atoms with Gasteiger partial charge in [0.2, 0.25) is 0 Å². The van der Waals surface area contributed by atoms with Crippen LogP contribution in [0.3, 0.4) is 0 Å². The number of fused-ring (bicyclic) bond motifs is 1. The number of imide groups is 1. The molecule has 2 heterocycles. The van der Waals surface area contributed by atoms with E-state index in [0.29, 0.717) is 12.8 Å². The molecule has 154 valence electrons. The third kappa shape index (κ3) is 2.82. The standard InChI is InChI=1S/C20H16F3N5O2/c1-26-10-27(25-24-26)16-9-12(8-15(20(21,22)23)17(16)11-6-7-11)28-18(29)13-4-2-3-5-14(13)19(28)30/h2-5,8-9,11H,6-7,10H2,1H3. The van der Waals surface area contributed by atoms with Gasteiger partial charge in [-0.25, -0.2) is 9.91 Å². The van der Waals surface area contributed by atoms with E-state index in [-0.39, 0.29) is 40.7 Å². The summed E-state index contributed by atoms with van der Waals surface area (Å²) in [6, 6.07) is 8.53. The molecule has 10 heteroatoms. The van der Waals surface area contributed by atoms with Crippen molar-refractivity contribution < 1.29 is 22.8 Å². The number of anilines is 2. The number of hydrogen-bond donors (Lipinski definition) is 0. The molecule has 0 aromatic heterocycles. The average molecular weight is 415 g/mol. The summed E-state index contributed by atoms with van der Waals surface area (Å²) in [7, 11) is 1.65. The Kier molecular flexibility index (Phi) is 3.89. The first-order valence-corrected chi connectivity index (χ1v) is 9.39. The molecule has 2 aromatic rings. The van der Waals surface area contributed by atoms with Crippen molar-refractivity contribution in [2.75, 3.05) is 23.6 Å². The molecule has 5 rings (SSSR count). The predicted octanol–water partition coefficient (Wildman–Crippen LogP) is 4.37. The lowest BCUT2D eigenvalue weighted by atomic mass is 9.98. The van der Waals surface area contributed by atoms with Crippen LogP contribution in [0.1, 0.15) is 50.6 Å². The molecular formula is C20H16F3N5O2. The van der Waals surface area contributed by atoms with Gasteiger partial charge in [0.05, 0.1) is 28.1 Å². The van der Waals surface area contributed by atoms with Crippen LogP contribution in [0, 0.1) is 0 Å². The summed E-state index contributed by atoms with van der Waals surface area (Å²) in [5, 5.41) is 10.7. The Balaban J connectivity index is 1.70. The molecular weight excluding hydrogens is 399 g/mol. The molecule has 7 nitrogen and oxygen atoms in total. The van der Waals surface area contributed by atoms with Crippen LogP contribution in [-0.4, -0.2) is 30.5 Å². The molecule has 3 aliphatic rings. The molecule has 0 saturated heterocycles. The van der Waals surface area contributed by atoms with E-state index in [1.54, 1.807) is 19.2 Å². The van der Waals surface area contributed by atoms with Gasteiger partial charge in [-0.3, -0.25) is 14.6 Å². The van der Waals surface area contributed by atoms with E-state index in [9.17, 15) is 22.8 Å². The Hall–Kier alpha value is -3.43. The van der Waals surface area contributed by atoms with Gasteiger partial charge in [0.15, 0.2) is 0 Å². The van der Waals surface area contributed by atoms with Crippen molar-refractivity contribution in [3.8, 4) is 0 Å². The number of alkyl halides is 3. The van der Waals surface area contributed by atoms with Gasteiger partial charge >= 0.3 is 6.18 Å². The van der Waals surface area contributed by atoms with Crippen LogP contribution in [0.15, 0.2) is 46.8 Å². The third-order valence-corrected chi connectivity index (χ3v) is 5.40. The molecule has 0 bridgehead atoms. The summed E-state index contributed by atoms with van der Waals surface area (Å²) in [6.07, 6.45) is -3.36. The first-order chi connectivity index (χ1) is 14.3. The molecule has 0 unspecified atom stereocenters. The Bertz CT molecular complexity index is 1080. The number of carbonyl (C=O) groups is 2. The van der Waals surface area contributed by atoms with Gasteiger partial charge in [-0.15, -0.1) is 0 Å². The van der Waals surface area contributed by atoms with Crippen LogP contribution < -0.4 is 9.91 Å². The molecule has 2 aliphatic heterocycles. The molecule has 1 aliphatic carbocycles. The Morgan fingerprint density at radius 2 is 1.63 bits per heavy atom. The van der Waals surface area contributed by atoms with Crippen molar-refractivity contribution in [2.24, 2.45) is 10.4 Å². The predicted molar refractivity (Wildman–Crippen MR) is 101 cm³/mol. The van der Waals surface area contributed by atoms with Crippen LogP contribution in [0.4, 0.5) is 24.5 Å². The van der Waals surface area contributed by atoms with Gasteiger partial charge in [0.25, 0.3) is 11.8 Å². The summed E-state index contributed by atoms with van der Waals surface area (Å²) >= 11 is 0. The molecule has 1 fully saturated rings. The van der Waals surface area contributed by atoms with Crippen LogP contribution in [0.25, 0.3) is 0 Å². The van der Waals surface area contributed by atoms with Gasteiger partial charge in [-0.2, -0.15) is 13.2 Å². The smallest absolute Gasteiger partial charge is 0.268 e. The number of nitrogens with zero attached hydrogens (tertiary/aromatic N) is 5. The van der Waals surface area contributed by atoms with E-state index in [1.165, 1.54) is 28.2 Å². The quantitative estimate of drug-likeness (QED) is 0.698. The highest BCUT2D eigenvalue weighted by molar-refractivity contribution is 6.34. The molecule has 2 amide bonds. The van der Waals surface area contributed by atoms with Crippen LogP contribution in [0.5, 0.6) is 0 Å². The minimum Gasteiger partial charge on any atom is -0.268 e. The fraction of sp³-hybridized carbons (Fsp3) is 0.300. The lowest BCUT2D eigenvalue weighted by Gasteiger charge is -2.25. The van der Waals surface area contributed by atoms with Crippen molar-refractivity contribution in [2.45, 2.75) is 24.9 Å². The van der Waals surface area contributed by atoms with Crippen LogP contribution >= 0.6 is 0 Å². The maximum atomic E-state index is 14.0. The number of carbonyl (C=O) groups excluding carboxylic acids is 2. The first kappa shape index (κ1) is 18.6. The zero-order valence-electron chi connectivity index (χ0n) is 15.8. The normalized spacial score (nSPS) is 18.6. The first-order valence-electron chi connectivity index (χ1n) is 9.39. The van der Waals surface area contributed by atoms with Crippen molar-refractivity contribution in [1.29, 1.82) is 0 Å². The van der Waals surface area contributed by atoms with E-state index in [2.05, 4.69) is 10.4 Å². The molecule has 0 N–H and O–H groups in total. The van der Waals surface area contributed by atoms with Crippen molar-refractivity contribution >= 4 is 23.2 Å². The number of halogens is 3. The minimum atomic E-state index is -4.65. The summed E-state index contributed by atoms with van der Waals surface area (Å²) in [5.41, 5.74) is -0.283. The number of benzene rings is 2. The third-order valence-electron chi connectivity index (χ3n) is 5.40. The average Bonchev–Trinajstić information content (AvgIpc) is 3.40. The highest BCUT2D eigenvalue weighted by Gasteiger charge is 2.44. The number of rotatable bonds is 3. The van der Waals surface area contributed by atoms with Crippen molar-refractivity contribution in [3.05, 3.63) is 58.7 Å². The fourth-order valence-corrected chi connectivity index (χ4v) is 3.92. The SMILES string of the molecule is CN1CN(c2cc(N3C(=O)c4ccccc4C3=O)cc(C(F)(F)F)c2C2CC2)N=N1. The maximum absolute atomic E-state index is 14.0. The summed E-state index contributed by atoms with van der Waals surface area (Å²) in [5.74, 6) is -1.53. The molecule has 0 radical (unpaired) electrons. The Labute approximate surface area is 169 Å². The fourth-order valence-electron chi connectivity index (χ4n) is 3.92. The summed E-state index contributed by atoms with van der Waals surface area (Å²) < 4.78 is 42.1. The number of hydrogen-bond acceptors (Lipinski definition) is 6. The Morgan fingerprint density at radius 3 is 2.13 bits per heavy atom. The Morgan fingerprint density at radius 1 is 1.00 bits per heavy atom. The lowest BCUT2D eigenvalue weighted by Crippen LogP contribution is -2.31. The topological polar surface area (TPSA) is 68.6 Å². The van der Waals surface area contributed by atoms with Crippen molar-refractivity contribution in [3.63, 3.8) is 0 Å². The van der Waals surface area contributed by atoms with E-state index in [0.717, 1.165) is 11.0 Å². The monoisotopic (exact) mass is 415 g/mol. The van der Waals surface area contributed by atoms with Crippen LogP contribution in [0.2, 0.25) is 0 Å². The van der Waals surface area contributed by atoms with E-state index in [1.807, 2.05) is 0 Å². The maximum Gasteiger partial charge on any atom is 0.416 e. The van der Waals surface area contributed by atoms with Gasteiger partial charge in [0, 0.05) is 7.05 Å². The highest BCUT2D eigenvalue weighted by atomic mass is 19.4. The summed E-state index contributed by atoms with van der Waals surface area (Å²) in [4.78, 5) is 26.5. The molecule has 2 aromatic carbocycles. The van der Waals surface area contributed by atoms with Gasteiger partial charge in [-0.1, -0.05) is 17.4 Å². The van der Waals surface area contributed by atoms with Crippen LogP contribution in [-0.2, 0) is 6.18 Å². The lowest BCUT2D eigenvalue weighted by molar-refractivity contribution is -0.138. The van der Waals surface area contributed by atoms with E-state index < -0.39 is 23.6 Å². The van der Waals surface area contributed by atoms with Gasteiger partial charge in [-0.05, 0) is 53.8 Å². The van der Waals surface area contributed by atoms with E-state index >= 15 is 0 Å². The second-order valence-electron chi connectivity index (χ2n) is 7.57. The second-order valence-corrected chi connectivity index (χ2v) is 7.57.